The fourth-order valence-corrected chi connectivity index (χ4v) is 4.38. The average molecular weight is 299 g/mol. The van der Waals surface area contributed by atoms with Crippen molar-refractivity contribution in [1.29, 1.82) is 0 Å². The van der Waals surface area contributed by atoms with Gasteiger partial charge < -0.3 is 5.11 Å². The Morgan fingerprint density at radius 1 is 1.10 bits per heavy atom. The predicted molar refractivity (Wildman–Crippen MR) is 81.4 cm³/mol. The van der Waals surface area contributed by atoms with Crippen LogP contribution in [0.15, 0.2) is 17.0 Å². The molecule has 0 amide bonds. The van der Waals surface area contributed by atoms with E-state index in [-0.39, 0.29) is 13.2 Å². The number of hydrogen-bond acceptors (Lipinski definition) is 3. The summed E-state index contributed by atoms with van der Waals surface area (Å²) in [4.78, 5) is 0.382. The van der Waals surface area contributed by atoms with Crippen molar-refractivity contribution in [3.05, 3.63) is 28.8 Å². The van der Waals surface area contributed by atoms with Gasteiger partial charge in [0.15, 0.2) is 0 Å². The number of aliphatic hydroxyl groups excluding tert-OH is 1. The highest BCUT2D eigenvalue weighted by Gasteiger charge is 2.27. The molecule has 0 fully saturated rings. The van der Waals surface area contributed by atoms with Gasteiger partial charge in [-0.3, -0.25) is 0 Å². The van der Waals surface area contributed by atoms with Crippen molar-refractivity contribution in [3.63, 3.8) is 0 Å². The highest BCUT2D eigenvalue weighted by Crippen LogP contribution is 2.25. The minimum absolute atomic E-state index is 0.148. The summed E-state index contributed by atoms with van der Waals surface area (Å²) in [5, 5.41) is 9.12. The van der Waals surface area contributed by atoms with Crippen molar-refractivity contribution >= 4 is 10.0 Å². The molecule has 20 heavy (non-hydrogen) atoms. The van der Waals surface area contributed by atoms with E-state index in [1.807, 2.05) is 39.8 Å². The number of hydrogen-bond donors (Lipinski definition) is 1. The molecule has 1 aromatic rings. The lowest BCUT2D eigenvalue weighted by molar-refractivity contribution is 0.252. The van der Waals surface area contributed by atoms with E-state index in [0.717, 1.165) is 29.5 Å². The van der Waals surface area contributed by atoms with Gasteiger partial charge >= 0.3 is 0 Å². The first-order valence-electron chi connectivity index (χ1n) is 7.03. The van der Waals surface area contributed by atoms with Crippen LogP contribution in [0.2, 0.25) is 0 Å². The summed E-state index contributed by atoms with van der Waals surface area (Å²) in [6.07, 6.45) is 1.71. The third-order valence-corrected chi connectivity index (χ3v) is 5.52. The monoisotopic (exact) mass is 299 g/mol. The lowest BCUT2D eigenvalue weighted by Gasteiger charge is -2.23. The molecule has 0 spiro atoms. The summed E-state index contributed by atoms with van der Waals surface area (Å²) in [7, 11) is -3.54. The Hall–Kier alpha value is -0.910. The van der Waals surface area contributed by atoms with Gasteiger partial charge in [-0.15, -0.1) is 0 Å². The topological polar surface area (TPSA) is 57.6 Å². The predicted octanol–water partition coefficient (Wildman–Crippen LogP) is 2.39. The number of unbranched alkanes of at least 4 members (excludes halogenated alkanes) is 1. The van der Waals surface area contributed by atoms with Crippen LogP contribution in [0.25, 0.3) is 0 Å². The highest BCUT2D eigenvalue weighted by molar-refractivity contribution is 7.89. The number of rotatable bonds is 7. The molecule has 0 saturated carbocycles. The summed E-state index contributed by atoms with van der Waals surface area (Å²) in [5.41, 5.74) is 2.59. The standard InChI is InChI=1S/C15H25NO3S/c1-5-6-7-16(8-9-17)20(18,19)15-13(3)10-12(2)11-14(15)4/h10-11,17H,5-9H2,1-4H3. The van der Waals surface area contributed by atoms with Crippen LogP contribution in [0.1, 0.15) is 36.5 Å². The zero-order valence-electron chi connectivity index (χ0n) is 12.8. The molecule has 0 aliphatic carbocycles. The van der Waals surface area contributed by atoms with Crippen molar-refractivity contribution in [2.45, 2.75) is 45.4 Å². The van der Waals surface area contributed by atoms with Gasteiger partial charge in [0, 0.05) is 13.1 Å². The summed E-state index contributed by atoms with van der Waals surface area (Å²) in [6, 6.07) is 3.77. The molecular weight excluding hydrogens is 274 g/mol. The maximum absolute atomic E-state index is 12.8. The van der Waals surface area contributed by atoms with Crippen LogP contribution in [0, 0.1) is 20.8 Å². The number of sulfonamides is 1. The van der Waals surface area contributed by atoms with Gasteiger partial charge in [0.25, 0.3) is 0 Å². The second-order valence-corrected chi connectivity index (χ2v) is 7.08. The Labute approximate surface area is 122 Å². The van der Waals surface area contributed by atoms with Crippen molar-refractivity contribution in [2.24, 2.45) is 0 Å². The molecule has 114 valence electrons. The maximum Gasteiger partial charge on any atom is 0.243 e. The fourth-order valence-electron chi connectivity index (χ4n) is 2.50. The summed E-state index contributed by atoms with van der Waals surface area (Å²) in [6.45, 7) is 8.06. The first kappa shape index (κ1) is 17.1. The number of aliphatic hydroxyl groups is 1. The zero-order valence-corrected chi connectivity index (χ0v) is 13.6. The molecule has 5 heteroatoms. The number of nitrogens with zero attached hydrogens (tertiary/aromatic N) is 1. The van der Waals surface area contributed by atoms with Crippen molar-refractivity contribution in [1.82, 2.24) is 4.31 Å². The second-order valence-electron chi connectivity index (χ2n) is 5.21. The van der Waals surface area contributed by atoms with Crippen molar-refractivity contribution in [3.8, 4) is 0 Å². The van der Waals surface area contributed by atoms with Gasteiger partial charge in [0.2, 0.25) is 10.0 Å². The Balaban J connectivity index is 3.26. The lowest BCUT2D eigenvalue weighted by atomic mass is 10.1. The molecule has 1 aromatic carbocycles. The van der Waals surface area contributed by atoms with Gasteiger partial charge in [0.05, 0.1) is 11.5 Å². The molecule has 0 atom stereocenters. The van der Waals surface area contributed by atoms with E-state index >= 15 is 0 Å². The highest BCUT2D eigenvalue weighted by atomic mass is 32.2. The quantitative estimate of drug-likeness (QED) is 0.841. The van der Waals surface area contributed by atoms with Crippen LogP contribution in [0.3, 0.4) is 0 Å². The first-order valence-corrected chi connectivity index (χ1v) is 8.47. The molecule has 0 unspecified atom stereocenters. The second kappa shape index (κ2) is 7.20. The van der Waals surface area contributed by atoms with Gasteiger partial charge in [-0.1, -0.05) is 31.0 Å². The molecule has 0 aliphatic heterocycles. The minimum Gasteiger partial charge on any atom is -0.395 e. The van der Waals surface area contributed by atoms with E-state index in [0.29, 0.717) is 11.4 Å². The van der Waals surface area contributed by atoms with Gasteiger partial charge in [-0.25, -0.2) is 8.42 Å². The van der Waals surface area contributed by atoms with Crippen molar-refractivity contribution in [2.75, 3.05) is 19.7 Å². The maximum atomic E-state index is 12.8. The smallest absolute Gasteiger partial charge is 0.243 e. The Morgan fingerprint density at radius 3 is 2.10 bits per heavy atom. The molecule has 0 aromatic heterocycles. The van der Waals surface area contributed by atoms with Crippen LogP contribution < -0.4 is 0 Å². The molecular formula is C15H25NO3S. The third kappa shape index (κ3) is 3.81. The molecule has 1 rings (SSSR count). The summed E-state index contributed by atoms with van der Waals surface area (Å²) >= 11 is 0. The van der Waals surface area contributed by atoms with Crippen LogP contribution >= 0.6 is 0 Å². The Kier molecular flexibility index (Phi) is 6.17. The molecule has 1 N–H and O–H groups in total. The Bertz CT molecular complexity index is 529. The third-order valence-electron chi connectivity index (χ3n) is 3.31. The number of aryl methyl sites for hydroxylation is 3. The molecule has 0 heterocycles. The molecule has 0 radical (unpaired) electrons. The SMILES string of the molecule is CCCCN(CCO)S(=O)(=O)c1c(C)cc(C)cc1C. The van der Waals surface area contributed by atoms with E-state index in [9.17, 15) is 8.42 Å². The van der Waals surface area contributed by atoms with Crippen LogP contribution in [-0.4, -0.2) is 37.5 Å². The van der Waals surface area contributed by atoms with Gasteiger partial charge in [-0.2, -0.15) is 4.31 Å². The zero-order chi connectivity index (χ0) is 15.3. The summed E-state index contributed by atoms with van der Waals surface area (Å²) in [5.74, 6) is 0. The van der Waals surface area contributed by atoms with E-state index in [1.165, 1.54) is 4.31 Å². The Morgan fingerprint density at radius 2 is 1.65 bits per heavy atom. The lowest BCUT2D eigenvalue weighted by Crippen LogP contribution is -2.35. The van der Waals surface area contributed by atoms with E-state index < -0.39 is 10.0 Å². The minimum atomic E-state index is -3.54. The van der Waals surface area contributed by atoms with E-state index in [2.05, 4.69) is 0 Å². The van der Waals surface area contributed by atoms with Crippen molar-refractivity contribution < 1.29 is 13.5 Å². The molecule has 0 bridgehead atoms. The van der Waals surface area contributed by atoms with E-state index in [4.69, 9.17) is 5.11 Å². The largest absolute Gasteiger partial charge is 0.395 e. The average Bonchev–Trinajstić information content (AvgIpc) is 2.32. The van der Waals surface area contributed by atoms with E-state index in [1.54, 1.807) is 0 Å². The molecule has 0 aliphatic rings. The first-order chi connectivity index (χ1) is 9.34. The van der Waals surface area contributed by atoms with Gasteiger partial charge in [-0.05, 0) is 38.3 Å². The normalized spacial score (nSPS) is 12.1. The molecule has 4 nitrogen and oxygen atoms in total. The molecule has 0 saturated heterocycles. The number of benzene rings is 1. The van der Waals surface area contributed by atoms with Gasteiger partial charge in [0.1, 0.15) is 0 Å². The van der Waals surface area contributed by atoms with Crippen LogP contribution in [-0.2, 0) is 10.0 Å². The van der Waals surface area contributed by atoms with Crippen LogP contribution in [0.4, 0.5) is 0 Å². The fraction of sp³-hybridized carbons (Fsp3) is 0.600. The summed E-state index contributed by atoms with van der Waals surface area (Å²) < 4.78 is 27.0. The van der Waals surface area contributed by atoms with Crippen LogP contribution in [0.5, 0.6) is 0 Å².